The largest absolute Gasteiger partial charge is 0.496 e. The number of alkyl halides is 1. The lowest BCUT2D eigenvalue weighted by Crippen LogP contribution is -2.15. The first kappa shape index (κ1) is 12.8. The molecule has 0 spiro atoms. The molecule has 0 aromatic heterocycles. The van der Waals surface area contributed by atoms with E-state index in [1.807, 2.05) is 6.07 Å². The lowest BCUT2D eigenvalue weighted by Gasteiger charge is -2.26. The van der Waals surface area contributed by atoms with Gasteiger partial charge in [0.15, 0.2) is 0 Å². The smallest absolute Gasteiger partial charge is 0.133 e. The van der Waals surface area contributed by atoms with Gasteiger partial charge in [0, 0.05) is 0 Å². The zero-order valence-corrected chi connectivity index (χ0v) is 12.9. The molecule has 4 atom stereocenters. The predicted molar refractivity (Wildman–Crippen MR) is 78.2 cm³/mol. The first-order chi connectivity index (χ1) is 8.69. The molecule has 4 unspecified atom stereocenters. The van der Waals surface area contributed by atoms with Gasteiger partial charge >= 0.3 is 0 Å². The molecular formula is C15H18BrClO. The maximum absolute atomic E-state index is 6.71. The number of fused-ring (bicyclic) bond motifs is 2. The highest BCUT2D eigenvalue weighted by Crippen LogP contribution is 2.54. The number of methoxy groups -OCH3 is 1. The zero-order chi connectivity index (χ0) is 12.7. The molecule has 0 saturated heterocycles. The quantitative estimate of drug-likeness (QED) is 0.695. The molecule has 0 amide bonds. The molecule has 18 heavy (non-hydrogen) atoms. The summed E-state index contributed by atoms with van der Waals surface area (Å²) in [4.78, 5) is 0. The molecule has 3 heteroatoms. The summed E-state index contributed by atoms with van der Waals surface area (Å²) in [5, 5.41) is 0.155. The van der Waals surface area contributed by atoms with Gasteiger partial charge in [-0.05, 0) is 70.6 Å². The third-order valence-electron chi connectivity index (χ3n) is 4.66. The van der Waals surface area contributed by atoms with Gasteiger partial charge in [-0.1, -0.05) is 12.5 Å². The minimum absolute atomic E-state index is 0.155. The molecule has 1 aromatic carbocycles. The molecule has 98 valence electrons. The first-order valence-corrected chi connectivity index (χ1v) is 7.89. The van der Waals surface area contributed by atoms with Gasteiger partial charge in [0.25, 0.3) is 0 Å². The Bertz CT molecular complexity index is 448. The summed E-state index contributed by atoms with van der Waals surface area (Å²) in [7, 11) is 1.69. The average molecular weight is 330 g/mol. The van der Waals surface area contributed by atoms with Crippen molar-refractivity contribution in [2.45, 2.75) is 31.1 Å². The third kappa shape index (κ3) is 2.18. The summed E-state index contributed by atoms with van der Waals surface area (Å²) in [6, 6.07) is 6.22. The lowest BCUT2D eigenvalue weighted by atomic mass is 9.84. The molecule has 2 bridgehead atoms. The number of benzene rings is 1. The fourth-order valence-electron chi connectivity index (χ4n) is 3.75. The van der Waals surface area contributed by atoms with Crippen LogP contribution < -0.4 is 4.74 Å². The van der Waals surface area contributed by atoms with Crippen LogP contribution in [0.3, 0.4) is 0 Å². The van der Waals surface area contributed by atoms with Gasteiger partial charge in [-0.3, -0.25) is 0 Å². The molecule has 2 aliphatic carbocycles. The number of hydrogen-bond donors (Lipinski definition) is 0. The Labute approximate surface area is 122 Å². The van der Waals surface area contributed by atoms with Crippen molar-refractivity contribution in [1.29, 1.82) is 0 Å². The fourth-order valence-corrected chi connectivity index (χ4v) is 4.76. The summed E-state index contributed by atoms with van der Waals surface area (Å²) in [5.74, 6) is 3.35. The summed E-state index contributed by atoms with van der Waals surface area (Å²) < 4.78 is 6.26. The molecule has 1 nitrogen and oxygen atoms in total. The number of rotatable bonds is 3. The van der Waals surface area contributed by atoms with Crippen molar-refractivity contribution in [2.75, 3.05) is 7.11 Å². The SMILES string of the molecule is COc1ccc(C(Cl)C2CC3CCC2C3)cc1Br. The minimum Gasteiger partial charge on any atom is -0.496 e. The van der Waals surface area contributed by atoms with Crippen molar-refractivity contribution in [3.63, 3.8) is 0 Å². The van der Waals surface area contributed by atoms with Gasteiger partial charge in [0.05, 0.1) is 17.0 Å². The van der Waals surface area contributed by atoms with Crippen LogP contribution in [0.25, 0.3) is 0 Å². The molecule has 2 saturated carbocycles. The Morgan fingerprint density at radius 1 is 1.33 bits per heavy atom. The van der Waals surface area contributed by atoms with Crippen LogP contribution in [0.2, 0.25) is 0 Å². The van der Waals surface area contributed by atoms with Gasteiger partial charge in [-0.15, -0.1) is 11.6 Å². The Kier molecular flexibility index (Phi) is 3.59. The van der Waals surface area contributed by atoms with Crippen LogP contribution in [0.1, 0.15) is 36.6 Å². The van der Waals surface area contributed by atoms with E-state index < -0.39 is 0 Å². The van der Waals surface area contributed by atoms with Crippen LogP contribution in [0, 0.1) is 17.8 Å². The Morgan fingerprint density at radius 3 is 2.72 bits per heavy atom. The van der Waals surface area contributed by atoms with E-state index in [1.54, 1.807) is 7.11 Å². The van der Waals surface area contributed by atoms with E-state index in [9.17, 15) is 0 Å². The summed E-state index contributed by atoms with van der Waals surface area (Å²) in [5.41, 5.74) is 1.22. The summed E-state index contributed by atoms with van der Waals surface area (Å²) in [6.45, 7) is 0. The van der Waals surface area contributed by atoms with Gasteiger partial charge < -0.3 is 4.74 Å². The highest BCUT2D eigenvalue weighted by atomic mass is 79.9. The van der Waals surface area contributed by atoms with Crippen LogP contribution in [0.5, 0.6) is 5.75 Å². The van der Waals surface area contributed by atoms with E-state index in [0.717, 1.165) is 22.1 Å². The van der Waals surface area contributed by atoms with Crippen LogP contribution >= 0.6 is 27.5 Å². The van der Waals surface area contributed by atoms with Crippen molar-refractivity contribution < 1.29 is 4.74 Å². The second-order valence-corrected chi connectivity index (χ2v) is 6.96. The Morgan fingerprint density at radius 2 is 2.17 bits per heavy atom. The second-order valence-electron chi connectivity index (χ2n) is 5.63. The third-order valence-corrected chi connectivity index (χ3v) is 5.86. The van der Waals surface area contributed by atoms with E-state index in [2.05, 4.69) is 28.1 Å². The van der Waals surface area contributed by atoms with E-state index in [0.29, 0.717) is 5.92 Å². The van der Waals surface area contributed by atoms with Gasteiger partial charge in [0.2, 0.25) is 0 Å². The standard InChI is InChI=1S/C15H18BrClO/c1-18-14-5-4-11(8-13(14)16)15(17)12-7-9-2-3-10(12)6-9/h4-5,8-10,12,15H,2-3,6-7H2,1H3. The maximum atomic E-state index is 6.71. The summed E-state index contributed by atoms with van der Waals surface area (Å²) in [6.07, 6.45) is 5.54. The second kappa shape index (κ2) is 5.05. The molecule has 0 radical (unpaired) electrons. The van der Waals surface area contributed by atoms with E-state index in [4.69, 9.17) is 16.3 Å². The lowest BCUT2D eigenvalue weighted by molar-refractivity contribution is 0.323. The molecule has 0 N–H and O–H groups in total. The van der Waals surface area contributed by atoms with E-state index >= 15 is 0 Å². The number of hydrogen-bond acceptors (Lipinski definition) is 1. The molecule has 3 rings (SSSR count). The predicted octanol–water partition coefficient (Wildman–Crippen LogP) is 5.17. The Balaban J connectivity index is 1.80. The van der Waals surface area contributed by atoms with Crippen molar-refractivity contribution in [2.24, 2.45) is 17.8 Å². The van der Waals surface area contributed by atoms with Gasteiger partial charge in [0.1, 0.15) is 5.75 Å². The highest BCUT2D eigenvalue weighted by Gasteiger charge is 2.42. The highest BCUT2D eigenvalue weighted by molar-refractivity contribution is 9.10. The van der Waals surface area contributed by atoms with Crippen molar-refractivity contribution in [1.82, 2.24) is 0 Å². The monoisotopic (exact) mass is 328 g/mol. The van der Waals surface area contributed by atoms with Crippen molar-refractivity contribution in [3.8, 4) is 5.75 Å². The van der Waals surface area contributed by atoms with Crippen LogP contribution in [-0.4, -0.2) is 7.11 Å². The molecular weight excluding hydrogens is 312 g/mol. The first-order valence-electron chi connectivity index (χ1n) is 6.66. The van der Waals surface area contributed by atoms with Crippen molar-refractivity contribution >= 4 is 27.5 Å². The molecule has 1 aromatic rings. The summed E-state index contributed by atoms with van der Waals surface area (Å²) >= 11 is 10.3. The Hall–Kier alpha value is -0.210. The zero-order valence-electron chi connectivity index (χ0n) is 10.5. The maximum Gasteiger partial charge on any atom is 0.133 e. The number of ether oxygens (including phenoxy) is 1. The molecule has 0 aliphatic heterocycles. The molecule has 0 heterocycles. The minimum atomic E-state index is 0.155. The van der Waals surface area contributed by atoms with Crippen LogP contribution in [-0.2, 0) is 0 Å². The molecule has 2 aliphatic rings. The van der Waals surface area contributed by atoms with Gasteiger partial charge in [-0.2, -0.15) is 0 Å². The number of halogens is 2. The molecule has 2 fully saturated rings. The van der Waals surface area contributed by atoms with Crippen molar-refractivity contribution in [3.05, 3.63) is 28.2 Å². The van der Waals surface area contributed by atoms with Crippen LogP contribution in [0.4, 0.5) is 0 Å². The van der Waals surface area contributed by atoms with E-state index in [-0.39, 0.29) is 5.38 Å². The van der Waals surface area contributed by atoms with Gasteiger partial charge in [-0.25, -0.2) is 0 Å². The topological polar surface area (TPSA) is 9.23 Å². The normalized spacial score (nSPS) is 31.6. The van der Waals surface area contributed by atoms with Crippen LogP contribution in [0.15, 0.2) is 22.7 Å². The average Bonchev–Trinajstić information content (AvgIpc) is 3.00. The fraction of sp³-hybridized carbons (Fsp3) is 0.600. The van der Waals surface area contributed by atoms with E-state index in [1.165, 1.54) is 31.2 Å².